The summed E-state index contributed by atoms with van der Waals surface area (Å²) >= 11 is 0. The van der Waals surface area contributed by atoms with Gasteiger partial charge < -0.3 is 0 Å². The van der Waals surface area contributed by atoms with Crippen molar-refractivity contribution in [3.63, 3.8) is 0 Å². The van der Waals surface area contributed by atoms with Crippen LogP contribution in [0.1, 0.15) is 60.3 Å². The van der Waals surface area contributed by atoms with Gasteiger partial charge in [-0.1, -0.05) is 41.0 Å². The Labute approximate surface area is 95.3 Å². The molecule has 0 aromatic carbocycles. The van der Waals surface area contributed by atoms with Gasteiger partial charge in [-0.25, -0.2) is 9.78 Å². The molecule has 0 aromatic heterocycles. The van der Waals surface area contributed by atoms with Crippen LogP contribution in [-0.4, -0.2) is 13.2 Å². The van der Waals surface area contributed by atoms with Gasteiger partial charge in [0.2, 0.25) is 0 Å². The maximum Gasteiger partial charge on any atom is 0.0824 e. The van der Waals surface area contributed by atoms with Crippen molar-refractivity contribution >= 4 is 0 Å². The number of unbranched alkanes of at least 4 members (excludes halogenated alkanes) is 1. The van der Waals surface area contributed by atoms with Gasteiger partial charge in [0.1, 0.15) is 0 Å². The molecule has 0 fully saturated rings. The fourth-order valence-corrected chi connectivity index (χ4v) is 1.72. The van der Waals surface area contributed by atoms with Crippen molar-refractivity contribution in [1.29, 1.82) is 0 Å². The first kappa shape index (κ1) is 14.9. The maximum absolute atomic E-state index is 5.12. The Morgan fingerprint density at radius 1 is 1.07 bits per heavy atom. The standard InChI is InChI=1S/C13H28O2/c1-6-7-9-14-15-10-8-12(2)11-13(3,4)5/h12H,6-11H2,1-5H3. The molecule has 0 saturated carbocycles. The molecule has 0 spiro atoms. The zero-order valence-electron chi connectivity index (χ0n) is 11.1. The Bertz CT molecular complexity index is 138. The zero-order valence-corrected chi connectivity index (χ0v) is 11.1. The van der Waals surface area contributed by atoms with Crippen LogP contribution in [0.25, 0.3) is 0 Å². The Kier molecular flexibility index (Phi) is 8.07. The van der Waals surface area contributed by atoms with E-state index in [4.69, 9.17) is 9.78 Å². The molecule has 92 valence electrons. The first-order chi connectivity index (χ1) is 6.95. The molecule has 1 unspecified atom stereocenters. The smallest absolute Gasteiger partial charge is 0.0824 e. The lowest BCUT2D eigenvalue weighted by molar-refractivity contribution is -0.296. The second-order valence-electron chi connectivity index (χ2n) is 5.66. The molecule has 0 N–H and O–H groups in total. The highest BCUT2D eigenvalue weighted by Crippen LogP contribution is 2.25. The van der Waals surface area contributed by atoms with E-state index in [2.05, 4.69) is 34.6 Å². The summed E-state index contributed by atoms with van der Waals surface area (Å²) in [5, 5.41) is 0. The Morgan fingerprint density at radius 2 is 1.67 bits per heavy atom. The number of hydrogen-bond donors (Lipinski definition) is 0. The first-order valence-corrected chi connectivity index (χ1v) is 6.20. The Balaban J connectivity index is 3.28. The second kappa shape index (κ2) is 8.12. The van der Waals surface area contributed by atoms with Crippen LogP contribution in [0, 0.1) is 11.3 Å². The van der Waals surface area contributed by atoms with E-state index in [0.717, 1.165) is 32.5 Å². The fraction of sp³-hybridized carbons (Fsp3) is 1.00. The molecule has 0 amide bonds. The van der Waals surface area contributed by atoms with E-state index in [-0.39, 0.29) is 0 Å². The molecule has 2 heteroatoms. The fourth-order valence-electron chi connectivity index (χ4n) is 1.72. The van der Waals surface area contributed by atoms with Crippen LogP contribution in [0.5, 0.6) is 0 Å². The van der Waals surface area contributed by atoms with Gasteiger partial charge in [-0.15, -0.1) is 0 Å². The minimum absolute atomic E-state index is 0.419. The van der Waals surface area contributed by atoms with Crippen molar-refractivity contribution in [3.8, 4) is 0 Å². The molecule has 1 atom stereocenters. The third-order valence-electron chi connectivity index (χ3n) is 2.32. The lowest BCUT2D eigenvalue weighted by atomic mass is 9.84. The molecular formula is C13H28O2. The van der Waals surface area contributed by atoms with Gasteiger partial charge in [0, 0.05) is 0 Å². The van der Waals surface area contributed by atoms with E-state index in [1.165, 1.54) is 6.42 Å². The van der Waals surface area contributed by atoms with Crippen molar-refractivity contribution < 1.29 is 9.78 Å². The van der Waals surface area contributed by atoms with E-state index < -0.39 is 0 Å². The van der Waals surface area contributed by atoms with Gasteiger partial charge in [-0.05, 0) is 30.6 Å². The van der Waals surface area contributed by atoms with E-state index in [1.54, 1.807) is 0 Å². The van der Waals surface area contributed by atoms with Crippen LogP contribution in [0.15, 0.2) is 0 Å². The van der Waals surface area contributed by atoms with E-state index in [9.17, 15) is 0 Å². The van der Waals surface area contributed by atoms with Gasteiger partial charge >= 0.3 is 0 Å². The summed E-state index contributed by atoms with van der Waals surface area (Å²) in [7, 11) is 0. The van der Waals surface area contributed by atoms with E-state index in [0.29, 0.717) is 11.3 Å². The molecule has 0 aliphatic rings. The van der Waals surface area contributed by atoms with Gasteiger partial charge in [0.15, 0.2) is 0 Å². The molecule has 0 rings (SSSR count). The molecule has 0 heterocycles. The van der Waals surface area contributed by atoms with Gasteiger partial charge in [-0.2, -0.15) is 0 Å². The maximum atomic E-state index is 5.12. The first-order valence-electron chi connectivity index (χ1n) is 6.20. The van der Waals surface area contributed by atoms with E-state index >= 15 is 0 Å². The van der Waals surface area contributed by atoms with Crippen molar-refractivity contribution in [1.82, 2.24) is 0 Å². The van der Waals surface area contributed by atoms with Crippen LogP contribution < -0.4 is 0 Å². The van der Waals surface area contributed by atoms with Crippen LogP contribution in [0.2, 0.25) is 0 Å². The quantitative estimate of drug-likeness (QED) is 0.344. The van der Waals surface area contributed by atoms with Crippen molar-refractivity contribution in [2.75, 3.05) is 13.2 Å². The minimum atomic E-state index is 0.419. The van der Waals surface area contributed by atoms with Gasteiger partial charge in [0.25, 0.3) is 0 Å². The summed E-state index contributed by atoms with van der Waals surface area (Å²) in [6, 6.07) is 0. The average molecular weight is 216 g/mol. The Morgan fingerprint density at radius 3 is 2.20 bits per heavy atom. The topological polar surface area (TPSA) is 18.5 Å². The summed E-state index contributed by atoms with van der Waals surface area (Å²) < 4.78 is 0. The lowest BCUT2D eigenvalue weighted by Crippen LogP contribution is -2.12. The lowest BCUT2D eigenvalue weighted by Gasteiger charge is -2.22. The van der Waals surface area contributed by atoms with Gasteiger partial charge in [0.05, 0.1) is 13.2 Å². The number of hydrogen-bond acceptors (Lipinski definition) is 2. The monoisotopic (exact) mass is 216 g/mol. The summed E-state index contributed by atoms with van der Waals surface area (Å²) in [4.78, 5) is 10.2. The average Bonchev–Trinajstić information content (AvgIpc) is 2.08. The predicted molar refractivity (Wildman–Crippen MR) is 64.7 cm³/mol. The number of rotatable bonds is 8. The van der Waals surface area contributed by atoms with Crippen molar-refractivity contribution in [2.45, 2.75) is 60.3 Å². The predicted octanol–water partition coefficient (Wildman–Crippen LogP) is 4.20. The third-order valence-corrected chi connectivity index (χ3v) is 2.32. The normalized spacial score (nSPS) is 14.2. The molecule has 0 bridgehead atoms. The van der Waals surface area contributed by atoms with Crippen LogP contribution in [-0.2, 0) is 9.78 Å². The van der Waals surface area contributed by atoms with Crippen molar-refractivity contribution in [3.05, 3.63) is 0 Å². The molecule has 2 nitrogen and oxygen atoms in total. The van der Waals surface area contributed by atoms with Crippen LogP contribution >= 0.6 is 0 Å². The van der Waals surface area contributed by atoms with Crippen molar-refractivity contribution in [2.24, 2.45) is 11.3 Å². The molecular weight excluding hydrogens is 188 g/mol. The minimum Gasteiger partial charge on any atom is -0.237 e. The van der Waals surface area contributed by atoms with Crippen LogP contribution in [0.4, 0.5) is 0 Å². The molecule has 0 aromatic rings. The second-order valence-corrected chi connectivity index (χ2v) is 5.66. The summed E-state index contributed by atoms with van der Waals surface area (Å²) in [6.07, 6.45) is 4.57. The Hall–Kier alpha value is -0.0800. The summed E-state index contributed by atoms with van der Waals surface area (Å²) in [5.74, 6) is 0.708. The highest BCUT2D eigenvalue weighted by molar-refractivity contribution is 4.65. The summed E-state index contributed by atoms with van der Waals surface area (Å²) in [5.41, 5.74) is 0.419. The highest BCUT2D eigenvalue weighted by atomic mass is 17.2. The molecule has 0 aliphatic heterocycles. The largest absolute Gasteiger partial charge is 0.237 e. The third kappa shape index (κ3) is 11.8. The summed E-state index contributed by atoms with van der Waals surface area (Å²) in [6.45, 7) is 12.7. The molecule has 0 saturated heterocycles. The van der Waals surface area contributed by atoms with Crippen LogP contribution in [0.3, 0.4) is 0 Å². The SMILES string of the molecule is CCCCOOCCC(C)CC(C)(C)C. The molecule has 0 radical (unpaired) electrons. The molecule has 15 heavy (non-hydrogen) atoms. The highest BCUT2D eigenvalue weighted by Gasteiger charge is 2.14. The van der Waals surface area contributed by atoms with Gasteiger partial charge in [-0.3, -0.25) is 0 Å². The zero-order chi connectivity index (χ0) is 11.7. The van der Waals surface area contributed by atoms with E-state index in [1.807, 2.05) is 0 Å². The molecule has 0 aliphatic carbocycles.